The second-order valence-corrected chi connectivity index (χ2v) is 8.09. The van der Waals surface area contributed by atoms with Gasteiger partial charge in [-0.25, -0.2) is 0 Å². The van der Waals surface area contributed by atoms with E-state index in [1.165, 1.54) is 0 Å². The zero-order valence-corrected chi connectivity index (χ0v) is 49.7. The number of thiocarbonyl (C=S) groups is 2. The average molecular weight is 1800 g/mol. The Hall–Kier alpha value is 8.11. The fourth-order valence-corrected chi connectivity index (χ4v) is 2.97. The first-order chi connectivity index (χ1) is 12.9. The molecule has 182 valence electrons. The third kappa shape index (κ3) is 19.5. The molecule has 10 nitrogen and oxygen atoms in total. The largest absolute Gasteiger partial charge is 0.388 e. The summed E-state index contributed by atoms with van der Waals surface area (Å²) in [5.74, 6) is 0. The Labute approximate surface area is 426 Å². The van der Waals surface area contributed by atoms with E-state index in [2.05, 4.69) is 10.6 Å². The van der Waals surface area contributed by atoms with Crippen LogP contribution in [-0.4, -0.2) is 102 Å². The smallest absolute Gasteiger partial charge is 0.157 e. The molecular weight excluding hydrogens is 1770 g/mol. The predicted molar refractivity (Wildman–Crippen MR) is 108 cm³/mol. The van der Waals surface area contributed by atoms with Crippen molar-refractivity contribution >= 4 is 34.4 Å². The summed E-state index contributed by atoms with van der Waals surface area (Å²) in [5, 5.41) is 62.1. The molecule has 10 atom stereocenters. The minimum atomic E-state index is -1.22. The van der Waals surface area contributed by atoms with Crippen LogP contribution in [0.25, 0.3) is 0 Å². The summed E-state index contributed by atoms with van der Waals surface area (Å²) in [6.07, 6.45) is -9.56. The van der Waals surface area contributed by atoms with Crippen LogP contribution in [0.15, 0.2) is 0 Å². The van der Waals surface area contributed by atoms with Crippen LogP contribution in [-0.2, 0) is 9.47 Å². The van der Waals surface area contributed by atoms with Crippen LogP contribution in [0.2, 0.25) is 0 Å². The standard InChI is InChI=1S/2C8H15NO4S.6Ac/c2*1-3-5(10)6(11)7(12)8(13-3)9-4(2)14;;;;;;/h2*3,5-8,10-12H,1-2H3,(H,9,14);;;;;;/t3-,5?,6?,7?,8?;;;;;;;/m1......./s1. The first kappa shape index (κ1) is 54.6. The molecule has 0 bridgehead atoms. The van der Waals surface area contributed by atoms with Gasteiger partial charge in [-0.1, -0.05) is 24.4 Å². The molecule has 34 heavy (non-hydrogen) atoms. The molecule has 2 aliphatic rings. The summed E-state index contributed by atoms with van der Waals surface area (Å²) in [4.78, 5) is 0.926. The van der Waals surface area contributed by atoms with Gasteiger partial charge in [0.05, 0.1) is 22.2 Å². The van der Waals surface area contributed by atoms with E-state index in [-0.39, 0.29) is 264 Å². The van der Waals surface area contributed by atoms with Crippen molar-refractivity contribution in [2.75, 3.05) is 0 Å². The summed E-state index contributed by atoms with van der Waals surface area (Å²) in [7, 11) is 0. The van der Waals surface area contributed by atoms with E-state index in [1.807, 2.05) is 0 Å². The maximum atomic E-state index is 9.52. The zero-order valence-electron chi connectivity index (χ0n) is 19.6. The fourth-order valence-electron chi connectivity index (χ4n) is 2.74. The van der Waals surface area contributed by atoms with Crippen molar-refractivity contribution in [3.8, 4) is 0 Å². The van der Waals surface area contributed by atoms with Crippen LogP contribution in [0.1, 0.15) is 27.7 Å². The van der Waals surface area contributed by atoms with Gasteiger partial charge in [0.25, 0.3) is 0 Å². The first-order valence-electron chi connectivity index (χ1n) is 8.80. The van der Waals surface area contributed by atoms with Crippen LogP contribution in [0.4, 0.5) is 0 Å². The van der Waals surface area contributed by atoms with E-state index in [0.29, 0.717) is 9.98 Å². The number of ether oxygens (including phenoxy) is 2. The molecule has 0 aromatic carbocycles. The molecule has 0 aliphatic carbocycles. The molecule has 8 N–H and O–H groups in total. The molecule has 2 aliphatic heterocycles. The van der Waals surface area contributed by atoms with Crippen molar-refractivity contribution in [1.82, 2.24) is 10.6 Å². The van der Waals surface area contributed by atoms with E-state index in [1.54, 1.807) is 27.7 Å². The summed E-state index contributed by atoms with van der Waals surface area (Å²) in [6, 6.07) is 0. The molecule has 9 unspecified atom stereocenters. The number of rotatable bonds is 2. The van der Waals surface area contributed by atoms with Gasteiger partial charge in [0, 0.05) is 264 Å². The van der Waals surface area contributed by atoms with Crippen LogP contribution >= 0.6 is 24.4 Å². The molecule has 0 spiro atoms. The summed E-state index contributed by atoms with van der Waals surface area (Å²) < 4.78 is 10.5. The first-order valence-corrected chi connectivity index (χ1v) is 9.62. The van der Waals surface area contributed by atoms with Crippen molar-refractivity contribution in [2.24, 2.45) is 0 Å². The Morgan fingerprint density at radius 1 is 0.529 bits per heavy atom. The third-order valence-electron chi connectivity index (χ3n) is 4.40. The monoisotopic (exact) mass is 1800 g/mol. The van der Waals surface area contributed by atoms with E-state index in [0.717, 1.165) is 0 Å². The number of aliphatic hydroxyl groups is 6. The topological polar surface area (TPSA) is 164 Å². The zero-order chi connectivity index (χ0) is 21.8. The third-order valence-corrected chi connectivity index (χ3v) is 4.63. The Balaban J connectivity index is -0.0000000980. The van der Waals surface area contributed by atoms with Crippen LogP contribution in [0.5, 0.6) is 0 Å². The molecule has 18 heteroatoms. The van der Waals surface area contributed by atoms with E-state index < -0.39 is 61.3 Å². The number of hydrogen-bond acceptors (Lipinski definition) is 10. The van der Waals surface area contributed by atoms with Crippen molar-refractivity contribution in [1.29, 1.82) is 0 Å². The van der Waals surface area contributed by atoms with E-state index in [4.69, 9.17) is 33.9 Å². The Kier molecular flexibility index (Phi) is 45.9. The molecule has 0 amide bonds. The second kappa shape index (κ2) is 28.6. The fraction of sp³-hybridized carbons (Fsp3) is 0.875. The molecule has 6 radical (unpaired) electrons. The number of hydrogen-bond donors (Lipinski definition) is 8. The van der Waals surface area contributed by atoms with Crippen LogP contribution in [0, 0.1) is 264 Å². The van der Waals surface area contributed by atoms with E-state index >= 15 is 0 Å². The van der Waals surface area contributed by atoms with Gasteiger partial charge in [-0.05, 0) is 27.7 Å². The average Bonchev–Trinajstić information content (AvgIpc) is 2.60. The Bertz CT molecular complexity index is 520. The second-order valence-electron chi connectivity index (χ2n) is 6.87. The van der Waals surface area contributed by atoms with Gasteiger partial charge in [-0.15, -0.1) is 0 Å². The van der Waals surface area contributed by atoms with Crippen molar-refractivity contribution < 1.29 is 304 Å². The van der Waals surface area contributed by atoms with Gasteiger partial charge in [0.15, 0.2) is 12.5 Å². The summed E-state index contributed by atoms with van der Waals surface area (Å²) >= 11 is 9.58. The molecular formula is C16H30Ac6N2O8S2. The number of nitrogens with one attached hydrogen (secondary N) is 2. The van der Waals surface area contributed by atoms with Gasteiger partial charge in [0.2, 0.25) is 0 Å². The van der Waals surface area contributed by atoms with Gasteiger partial charge in [0.1, 0.15) is 36.6 Å². The van der Waals surface area contributed by atoms with Crippen LogP contribution in [0.3, 0.4) is 0 Å². The van der Waals surface area contributed by atoms with Crippen molar-refractivity contribution in [2.45, 2.75) is 89.0 Å². The SMILES string of the molecule is CC(=S)NC1OC(C)C(O)C(O)C1O.CC(=S)NC1O[C@H](C)C(O)C(O)C1O.[Ac].[Ac].[Ac].[Ac].[Ac].[Ac]. The molecule has 2 heterocycles. The molecule has 0 aromatic rings. The van der Waals surface area contributed by atoms with Gasteiger partial charge < -0.3 is 50.7 Å². The normalized spacial score (nSPS) is 35.7. The van der Waals surface area contributed by atoms with Crippen molar-refractivity contribution in [3.63, 3.8) is 0 Å². The molecule has 2 saturated heterocycles. The molecule has 0 saturated carbocycles. The van der Waals surface area contributed by atoms with Gasteiger partial charge >= 0.3 is 0 Å². The molecule has 2 fully saturated rings. The van der Waals surface area contributed by atoms with Crippen molar-refractivity contribution in [3.05, 3.63) is 0 Å². The molecule has 0 aromatic heterocycles. The van der Waals surface area contributed by atoms with E-state index in [9.17, 15) is 30.6 Å². The maximum absolute atomic E-state index is 9.52. The maximum Gasteiger partial charge on any atom is 0.157 e. The molecule has 2 rings (SSSR count). The number of aliphatic hydroxyl groups excluding tert-OH is 6. The minimum absolute atomic E-state index is 0. The van der Waals surface area contributed by atoms with Gasteiger partial charge in [-0.2, -0.15) is 0 Å². The summed E-state index contributed by atoms with van der Waals surface area (Å²) in [6.45, 7) is 6.53. The Morgan fingerprint density at radius 2 is 0.765 bits per heavy atom. The predicted octanol–water partition coefficient (Wildman–Crippen LogP) is -2.50. The Morgan fingerprint density at radius 3 is 0.971 bits per heavy atom. The minimum Gasteiger partial charge on any atom is -0.388 e. The van der Waals surface area contributed by atoms with Crippen LogP contribution < -0.4 is 10.6 Å². The summed E-state index contributed by atoms with van der Waals surface area (Å²) in [5.41, 5.74) is 0. The quantitative estimate of drug-likeness (QED) is 0.138. The van der Waals surface area contributed by atoms with Gasteiger partial charge in [-0.3, -0.25) is 0 Å².